The Morgan fingerprint density at radius 1 is 1.15 bits per heavy atom. The maximum atomic E-state index is 12.9. The first-order valence-electron chi connectivity index (χ1n) is 10.3. The molecular weight excluding hydrogens is 336 g/mol. The van der Waals surface area contributed by atoms with Crippen LogP contribution >= 0.6 is 0 Å². The average molecular weight is 367 g/mol. The van der Waals surface area contributed by atoms with Gasteiger partial charge in [-0.2, -0.15) is 5.10 Å². The van der Waals surface area contributed by atoms with Gasteiger partial charge in [0.1, 0.15) is 0 Å². The van der Waals surface area contributed by atoms with Crippen LogP contribution in [0.4, 0.5) is 0 Å². The van der Waals surface area contributed by atoms with Gasteiger partial charge in [0, 0.05) is 44.3 Å². The Balaban J connectivity index is 1.35. The van der Waals surface area contributed by atoms with Crippen molar-refractivity contribution in [2.45, 2.75) is 39.2 Å². The number of aromatic nitrogens is 2. The predicted octanol–water partition coefficient (Wildman–Crippen LogP) is 3.07. The van der Waals surface area contributed by atoms with Crippen molar-refractivity contribution in [2.75, 3.05) is 32.7 Å². The molecule has 1 spiro atoms. The standard InChI is InChI=1S/C22H30N4O/c1-2-26-16-20(15-23-26)21(27)25-14-11-22(18-25)10-6-12-24(17-22)13-9-19-7-4-3-5-8-19/h3-5,7-8,15-16H,2,6,9-14,17-18H2,1H3. The molecule has 5 nitrogen and oxygen atoms in total. The molecular formula is C22H30N4O. The normalized spacial score (nSPS) is 23.2. The van der Waals surface area contributed by atoms with Crippen molar-refractivity contribution in [3.05, 3.63) is 53.9 Å². The Hall–Kier alpha value is -2.14. The molecule has 2 aromatic rings. The lowest BCUT2D eigenvalue weighted by molar-refractivity contribution is 0.0692. The molecule has 2 aliphatic heterocycles. The second kappa shape index (κ2) is 7.85. The number of nitrogens with zero attached hydrogens (tertiary/aromatic N) is 4. The summed E-state index contributed by atoms with van der Waals surface area (Å²) in [5, 5.41) is 4.26. The van der Waals surface area contributed by atoms with E-state index in [0.717, 1.165) is 51.1 Å². The van der Waals surface area contributed by atoms with E-state index in [2.05, 4.69) is 45.2 Å². The van der Waals surface area contributed by atoms with Crippen LogP contribution in [0.15, 0.2) is 42.7 Å². The van der Waals surface area contributed by atoms with Crippen molar-refractivity contribution in [1.82, 2.24) is 19.6 Å². The average Bonchev–Trinajstić information content (AvgIpc) is 3.34. The van der Waals surface area contributed by atoms with E-state index in [0.29, 0.717) is 0 Å². The number of hydrogen-bond acceptors (Lipinski definition) is 3. The zero-order chi connectivity index (χ0) is 18.7. The summed E-state index contributed by atoms with van der Waals surface area (Å²) in [6.45, 7) is 8.03. The fraction of sp³-hybridized carbons (Fsp3) is 0.545. The Morgan fingerprint density at radius 3 is 2.78 bits per heavy atom. The van der Waals surface area contributed by atoms with E-state index in [4.69, 9.17) is 0 Å². The van der Waals surface area contributed by atoms with Gasteiger partial charge < -0.3 is 9.80 Å². The minimum absolute atomic E-state index is 0.146. The summed E-state index contributed by atoms with van der Waals surface area (Å²) in [5.41, 5.74) is 2.42. The number of amides is 1. The molecule has 4 rings (SSSR count). The van der Waals surface area contributed by atoms with Crippen molar-refractivity contribution >= 4 is 5.91 Å². The van der Waals surface area contributed by atoms with Crippen LogP contribution in [-0.4, -0.2) is 58.2 Å². The fourth-order valence-corrected chi connectivity index (χ4v) is 4.70. The third kappa shape index (κ3) is 4.08. The molecule has 27 heavy (non-hydrogen) atoms. The van der Waals surface area contributed by atoms with Gasteiger partial charge in [0.05, 0.1) is 11.8 Å². The lowest BCUT2D eigenvalue weighted by Gasteiger charge is -2.40. The van der Waals surface area contributed by atoms with Crippen molar-refractivity contribution < 1.29 is 4.79 Å². The Bertz CT molecular complexity index is 772. The van der Waals surface area contributed by atoms with Gasteiger partial charge in [-0.05, 0) is 44.7 Å². The van der Waals surface area contributed by atoms with Gasteiger partial charge in [-0.25, -0.2) is 0 Å². The topological polar surface area (TPSA) is 41.4 Å². The van der Waals surface area contributed by atoms with Gasteiger partial charge in [-0.15, -0.1) is 0 Å². The summed E-state index contributed by atoms with van der Waals surface area (Å²) in [5.74, 6) is 0.146. The molecule has 0 N–H and O–H groups in total. The van der Waals surface area contributed by atoms with Crippen LogP contribution < -0.4 is 0 Å². The number of carbonyl (C=O) groups excluding carboxylic acids is 1. The molecule has 2 fully saturated rings. The van der Waals surface area contributed by atoms with E-state index >= 15 is 0 Å². The third-order valence-corrected chi connectivity index (χ3v) is 6.23. The van der Waals surface area contributed by atoms with E-state index in [1.807, 2.05) is 17.8 Å². The maximum absolute atomic E-state index is 12.9. The molecule has 0 bridgehead atoms. The maximum Gasteiger partial charge on any atom is 0.257 e. The van der Waals surface area contributed by atoms with Crippen LogP contribution in [-0.2, 0) is 13.0 Å². The van der Waals surface area contributed by atoms with Crippen molar-refractivity contribution in [2.24, 2.45) is 5.41 Å². The molecule has 2 saturated heterocycles. The van der Waals surface area contributed by atoms with Crippen LogP contribution in [0, 0.1) is 5.41 Å². The first kappa shape index (κ1) is 18.2. The highest BCUT2D eigenvalue weighted by molar-refractivity contribution is 5.94. The molecule has 2 aliphatic rings. The van der Waals surface area contributed by atoms with Crippen LogP contribution in [0.1, 0.15) is 42.1 Å². The Kier molecular flexibility index (Phi) is 5.30. The summed E-state index contributed by atoms with van der Waals surface area (Å²) in [7, 11) is 0. The summed E-state index contributed by atoms with van der Waals surface area (Å²) < 4.78 is 1.82. The van der Waals surface area contributed by atoms with Gasteiger partial charge in [-0.1, -0.05) is 30.3 Å². The predicted molar refractivity (Wildman–Crippen MR) is 107 cm³/mol. The second-order valence-corrected chi connectivity index (χ2v) is 8.18. The largest absolute Gasteiger partial charge is 0.338 e. The van der Waals surface area contributed by atoms with E-state index in [-0.39, 0.29) is 11.3 Å². The molecule has 144 valence electrons. The summed E-state index contributed by atoms with van der Waals surface area (Å²) in [6, 6.07) is 10.7. The quantitative estimate of drug-likeness (QED) is 0.817. The zero-order valence-corrected chi connectivity index (χ0v) is 16.3. The zero-order valence-electron chi connectivity index (χ0n) is 16.3. The number of carbonyl (C=O) groups is 1. The van der Waals surface area contributed by atoms with Crippen LogP contribution in [0.5, 0.6) is 0 Å². The number of aryl methyl sites for hydroxylation is 1. The molecule has 1 unspecified atom stereocenters. The fourth-order valence-electron chi connectivity index (χ4n) is 4.70. The SMILES string of the molecule is CCn1cc(C(=O)N2CCC3(CCCN(CCc4ccccc4)C3)C2)cn1. The van der Waals surface area contributed by atoms with Gasteiger partial charge >= 0.3 is 0 Å². The molecule has 3 heterocycles. The third-order valence-electron chi connectivity index (χ3n) is 6.23. The molecule has 1 aromatic heterocycles. The van der Waals surface area contributed by atoms with Gasteiger partial charge in [0.2, 0.25) is 0 Å². The number of likely N-dealkylation sites (tertiary alicyclic amines) is 2. The molecule has 0 saturated carbocycles. The van der Waals surface area contributed by atoms with Crippen LogP contribution in [0.3, 0.4) is 0 Å². The van der Waals surface area contributed by atoms with Crippen molar-refractivity contribution in [3.63, 3.8) is 0 Å². The van der Waals surface area contributed by atoms with Gasteiger partial charge in [0.15, 0.2) is 0 Å². The lowest BCUT2D eigenvalue weighted by Crippen LogP contribution is -2.45. The minimum atomic E-state index is 0.146. The molecule has 1 amide bonds. The highest BCUT2D eigenvalue weighted by Crippen LogP contribution is 2.39. The highest BCUT2D eigenvalue weighted by Gasteiger charge is 2.42. The van der Waals surface area contributed by atoms with Crippen molar-refractivity contribution in [3.8, 4) is 0 Å². The van der Waals surface area contributed by atoms with E-state index in [9.17, 15) is 4.79 Å². The molecule has 1 atom stereocenters. The number of rotatable bonds is 5. The van der Waals surface area contributed by atoms with Gasteiger partial charge in [0.25, 0.3) is 5.91 Å². The first-order chi connectivity index (χ1) is 13.2. The molecule has 1 aromatic carbocycles. The second-order valence-electron chi connectivity index (χ2n) is 8.18. The smallest absolute Gasteiger partial charge is 0.257 e. The van der Waals surface area contributed by atoms with E-state index in [1.165, 1.54) is 24.9 Å². The van der Waals surface area contributed by atoms with Crippen LogP contribution in [0.2, 0.25) is 0 Å². The monoisotopic (exact) mass is 366 g/mol. The Labute approximate surface area is 162 Å². The number of piperidine rings is 1. The summed E-state index contributed by atoms with van der Waals surface area (Å²) in [6.07, 6.45) is 8.31. The Morgan fingerprint density at radius 2 is 2.00 bits per heavy atom. The minimum Gasteiger partial charge on any atom is -0.338 e. The van der Waals surface area contributed by atoms with Crippen LogP contribution in [0.25, 0.3) is 0 Å². The highest BCUT2D eigenvalue weighted by atomic mass is 16.2. The van der Waals surface area contributed by atoms with E-state index < -0.39 is 0 Å². The van der Waals surface area contributed by atoms with E-state index in [1.54, 1.807) is 6.20 Å². The van der Waals surface area contributed by atoms with Crippen molar-refractivity contribution in [1.29, 1.82) is 0 Å². The molecule has 0 radical (unpaired) electrons. The summed E-state index contributed by atoms with van der Waals surface area (Å²) >= 11 is 0. The van der Waals surface area contributed by atoms with Gasteiger partial charge in [-0.3, -0.25) is 9.48 Å². The first-order valence-corrected chi connectivity index (χ1v) is 10.3. The number of hydrogen-bond donors (Lipinski definition) is 0. The molecule has 0 aliphatic carbocycles. The number of benzene rings is 1. The lowest BCUT2D eigenvalue weighted by atomic mass is 9.79. The molecule has 5 heteroatoms. The summed E-state index contributed by atoms with van der Waals surface area (Å²) in [4.78, 5) is 17.5.